The first-order chi connectivity index (χ1) is 7.45. The first-order valence-corrected chi connectivity index (χ1v) is 5.51. The van der Waals surface area contributed by atoms with Gasteiger partial charge in [-0.15, -0.1) is 4.83 Å². The van der Waals surface area contributed by atoms with Crippen molar-refractivity contribution in [1.29, 1.82) is 5.26 Å². The highest BCUT2D eigenvalue weighted by atomic mass is 32.2. The third-order valence-corrected chi connectivity index (χ3v) is 2.87. The van der Waals surface area contributed by atoms with Crippen LogP contribution >= 0.6 is 0 Å². The maximum Gasteiger partial charge on any atom is 0.327 e. The Balaban J connectivity index is 2.91. The molecule has 0 aliphatic rings. The fourth-order valence-corrected chi connectivity index (χ4v) is 1.73. The Morgan fingerprint density at radius 2 is 1.88 bits per heavy atom. The Labute approximate surface area is 91.9 Å². The van der Waals surface area contributed by atoms with Crippen LogP contribution in [0.3, 0.4) is 0 Å². The monoisotopic (exact) mass is 240 g/mol. The number of benzene rings is 1. The van der Waals surface area contributed by atoms with Crippen molar-refractivity contribution in [3.05, 3.63) is 29.8 Å². The number of hydrazine groups is 1. The molecule has 0 fully saturated rings. The van der Waals surface area contributed by atoms with Crippen LogP contribution in [0.5, 0.6) is 0 Å². The number of nitrogens with two attached hydrogens (primary N) is 1. The summed E-state index contributed by atoms with van der Waals surface area (Å²) in [5.74, 6) is 0. The molecule has 0 saturated heterocycles. The van der Waals surface area contributed by atoms with Crippen LogP contribution in [-0.4, -0.2) is 14.4 Å². The van der Waals surface area contributed by atoms with Crippen LogP contribution in [0.4, 0.5) is 4.79 Å². The highest BCUT2D eigenvalue weighted by molar-refractivity contribution is 7.89. The van der Waals surface area contributed by atoms with Gasteiger partial charge in [-0.2, -0.15) is 5.26 Å². The zero-order chi connectivity index (χ0) is 12.2. The summed E-state index contributed by atoms with van der Waals surface area (Å²) in [6.07, 6.45) is 0. The first-order valence-electron chi connectivity index (χ1n) is 4.03. The smallest absolute Gasteiger partial charge is 0.327 e. The van der Waals surface area contributed by atoms with Gasteiger partial charge in [0.1, 0.15) is 0 Å². The largest absolute Gasteiger partial charge is 0.351 e. The second-order valence-electron chi connectivity index (χ2n) is 2.73. The van der Waals surface area contributed by atoms with E-state index in [4.69, 9.17) is 11.0 Å². The average Bonchev–Trinajstić information content (AvgIpc) is 2.27. The molecule has 4 N–H and O–H groups in total. The molecule has 0 saturated carbocycles. The van der Waals surface area contributed by atoms with Crippen molar-refractivity contribution in [2.24, 2.45) is 5.73 Å². The number of primary amides is 1. The summed E-state index contributed by atoms with van der Waals surface area (Å²) in [5, 5.41) is 8.52. The van der Waals surface area contributed by atoms with E-state index in [9.17, 15) is 13.2 Å². The number of sulfonamides is 1. The molecule has 0 radical (unpaired) electrons. The van der Waals surface area contributed by atoms with Crippen molar-refractivity contribution in [2.45, 2.75) is 4.90 Å². The lowest BCUT2D eigenvalue weighted by Gasteiger charge is -2.05. The summed E-state index contributed by atoms with van der Waals surface area (Å²) < 4.78 is 22.9. The fourth-order valence-electron chi connectivity index (χ4n) is 0.885. The number of nitriles is 1. The van der Waals surface area contributed by atoms with E-state index in [1.54, 1.807) is 10.3 Å². The molecule has 1 rings (SSSR count). The van der Waals surface area contributed by atoms with Crippen molar-refractivity contribution < 1.29 is 13.2 Å². The summed E-state index contributed by atoms with van der Waals surface area (Å²) in [7, 11) is -3.85. The average molecular weight is 240 g/mol. The minimum Gasteiger partial charge on any atom is -0.351 e. The lowest BCUT2D eigenvalue weighted by atomic mass is 10.2. The molecule has 0 aliphatic heterocycles. The fraction of sp³-hybridized carbons (Fsp3) is 0. The predicted octanol–water partition coefficient (Wildman–Crippen LogP) is -0.580. The van der Waals surface area contributed by atoms with Gasteiger partial charge in [-0.1, -0.05) is 0 Å². The zero-order valence-electron chi connectivity index (χ0n) is 7.97. The number of carbonyl (C=O) groups is 1. The molecular formula is C8H8N4O3S. The van der Waals surface area contributed by atoms with Crippen LogP contribution in [0.25, 0.3) is 0 Å². The lowest BCUT2D eigenvalue weighted by molar-refractivity contribution is 0.247. The van der Waals surface area contributed by atoms with Crippen LogP contribution in [0, 0.1) is 11.3 Å². The molecule has 1 aromatic carbocycles. The molecule has 0 unspecified atom stereocenters. The third kappa shape index (κ3) is 2.94. The maximum atomic E-state index is 11.5. The van der Waals surface area contributed by atoms with Gasteiger partial charge in [0.2, 0.25) is 0 Å². The molecule has 16 heavy (non-hydrogen) atoms. The van der Waals surface area contributed by atoms with Gasteiger partial charge in [0.15, 0.2) is 0 Å². The van der Waals surface area contributed by atoms with Crippen molar-refractivity contribution in [2.75, 3.05) is 0 Å². The normalized spacial score (nSPS) is 10.4. The van der Waals surface area contributed by atoms with Crippen LogP contribution in [0.2, 0.25) is 0 Å². The SMILES string of the molecule is N#Cc1ccc(S(=O)(=O)NNC(N)=O)cc1. The number of amides is 2. The number of nitrogens with one attached hydrogen (secondary N) is 2. The number of rotatable bonds is 3. The minimum absolute atomic E-state index is 0.0831. The van der Waals surface area contributed by atoms with Gasteiger partial charge in [-0.05, 0) is 24.3 Å². The highest BCUT2D eigenvalue weighted by Crippen LogP contribution is 2.08. The summed E-state index contributed by atoms with van der Waals surface area (Å²) in [5.41, 5.74) is 6.79. The van der Waals surface area contributed by atoms with Gasteiger partial charge in [0.05, 0.1) is 16.5 Å². The van der Waals surface area contributed by atoms with E-state index < -0.39 is 16.1 Å². The molecule has 1 aromatic rings. The van der Waals surface area contributed by atoms with Crippen molar-refractivity contribution in [3.8, 4) is 6.07 Å². The Kier molecular flexibility index (Phi) is 3.44. The van der Waals surface area contributed by atoms with Gasteiger partial charge in [-0.3, -0.25) is 5.43 Å². The molecule has 84 valence electrons. The molecule has 0 aromatic heterocycles. The number of nitrogens with zero attached hydrogens (tertiary/aromatic N) is 1. The van der Waals surface area contributed by atoms with E-state index in [2.05, 4.69) is 0 Å². The number of hydrogen-bond donors (Lipinski definition) is 3. The van der Waals surface area contributed by atoms with Gasteiger partial charge >= 0.3 is 6.03 Å². The standard InChI is InChI=1S/C8H8N4O3S/c9-5-6-1-3-7(4-2-6)16(14,15)12-11-8(10)13/h1-4,12H,(H3,10,11,13). The van der Waals surface area contributed by atoms with E-state index in [1.165, 1.54) is 24.3 Å². The molecule has 8 heteroatoms. The third-order valence-electron chi connectivity index (χ3n) is 1.60. The molecule has 2 amide bonds. The summed E-state index contributed by atoms with van der Waals surface area (Å²) in [4.78, 5) is 12.0. The second kappa shape index (κ2) is 4.61. The molecule has 0 aliphatic carbocycles. The molecule has 7 nitrogen and oxygen atoms in total. The predicted molar refractivity (Wildman–Crippen MR) is 54.2 cm³/mol. The van der Waals surface area contributed by atoms with Crippen LogP contribution in [0.15, 0.2) is 29.2 Å². The Morgan fingerprint density at radius 1 is 1.31 bits per heavy atom. The van der Waals surface area contributed by atoms with Gasteiger partial charge < -0.3 is 5.73 Å². The van der Waals surface area contributed by atoms with E-state index in [-0.39, 0.29) is 4.90 Å². The minimum atomic E-state index is -3.85. The Bertz CT molecular complexity index is 529. The zero-order valence-corrected chi connectivity index (χ0v) is 8.78. The van der Waals surface area contributed by atoms with Gasteiger partial charge in [0, 0.05) is 0 Å². The number of carbonyl (C=O) groups excluding carboxylic acids is 1. The van der Waals surface area contributed by atoms with E-state index >= 15 is 0 Å². The van der Waals surface area contributed by atoms with Crippen LogP contribution in [-0.2, 0) is 10.0 Å². The molecule has 0 spiro atoms. The molecule has 0 bridgehead atoms. The van der Waals surface area contributed by atoms with Crippen LogP contribution in [0.1, 0.15) is 5.56 Å². The summed E-state index contributed by atoms with van der Waals surface area (Å²) in [6, 6.07) is 6.01. The van der Waals surface area contributed by atoms with Crippen LogP contribution < -0.4 is 16.0 Å². The molecule has 0 atom stereocenters. The van der Waals surface area contributed by atoms with E-state index in [0.717, 1.165) is 0 Å². The quantitative estimate of drug-likeness (QED) is 0.611. The lowest BCUT2D eigenvalue weighted by Crippen LogP contribution is -2.44. The number of urea groups is 1. The van der Waals surface area contributed by atoms with Crippen molar-refractivity contribution in [3.63, 3.8) is 0 Å². The van der Waals surface area contributed by atoms with E-state index in [0.29, 0.717) is 5.56 Å². The topological polar surface area (TPSA) is 125 Å². The molecule has 0 heterocycles. The van der Waals surface area contributed by atoms with Gasteiger partial charge in [-0.25, -0.2) is 13.2 Å². The number of hydrogen-bond acceptors (Lipinski definition) is 4. The van der Waals surface area contributed by atoms with Crippen molar-refractivity contribution >= 4 is 16.1 Å². The Hall–Kier alpha value is -2.11. The molecular weight excluding hydrogens is 232 g/mol. The summed E-state index contributed by atoms with van der Waals surface area (Å²) >= 11 is 0. The highest BCUT2D eigenvalue weighted by Gasteiger charge is 2.13. The van der Waals surface area contributed by atoms with Crippen molar-refractivity contribution in [1.82, 2.24) is 10.3 Å². The first kappa shape index (κ1) is 12.0. The maximum absolute atomic E-state index is 11.5. The second-order valence-corrected chi connectivity index (χ2v) is 4.41. The summed E-state index contributed by atoms with van der Waals surface area (Å²) in [6.45, 7) is 0. The Morgan fingerprint density at radius 3 is 2.31 bits per heavy atom. The van der Waals surface area contributed by atoms with Gasteiger partial charge in [0.25, 0.3) is 10.0 Å². The van der Waals surface area contributed by atoms with E-state index in [1.807, 2.05) is 6.07 Å².